The van der Waals surface area contributed by atoms with Gasteiger partial charge in [-0.25, -0.2) is 4.98 Å². The predicted molar refractivity (Wildman–Crippen MR) is 61.7 cm³/mol. The van der Waals surface area contributed by atoms with Gasteiger partial charge in [-0.3, -0.25) is 4.79 Å². The van der Waals surface area contributed by atoms with E-state index in [9.17, 15) is 4.79 Å². The lowest BCUT2D eigenvalue weighted by Gasteiger charge is -2.04. The lowest BCUT2D eigenvalue weighted by molar-refractivity contribution is 1.03. The Morgan fingerprint density at radius 2 is 2.20 bits per heavy atom. The van der Waals surface area contributed by atoms with E-state index in [1.165, 1.54) is 0 Å². The molecule has 1 N–H and O–H groups in total. The van der Waals surface area contributed by atoms with E-state index in [-0.39, 0.29) is 11.4 Å². The fourth-order valence-electron chi connectivity index (χ4n) is 1.48. The second kappa shape index (κ2) is 3.83. The molecule has 0 aliphatic rings. The van der Waals surface area contributed by atoms with Crippen LogP contribution in [0.4, 0.5) is 0 Å². The van der Waals surface area contributed by atoms with Gasteiger partial charge in [0.1, 0.15) is 5.82 Å². The van der Waals surface area contributed by atoms with Gasteiger partial charge in [0.05, 0.1) is 21.8 Å². The van der Waals surface area contributed by atoms with Crippen molar-refractivity contribution in [1.29, 1.82) is 0 Å². The van der Waals surface area contributed by atoms with E-state index in [1.54, 1.807) is 12.1 Å². The second-order valence-electron chi connectivity index (χ2n) is 3.23. The number of aromatic amines is 1. The van der Waals surface area contributed by atoms with E-state index in [2.05, 4.69) is 9.97 Å². The molecule has 78 valence electrons. The molecular weight excluding hydrogens is 235 g/mol. The summed E-state index contributed by atoms with van der Waals surface area (Å²) in [5.41, 5.74) is 1.16. The summed E-state index contributed by atoms with van der Waals surface area (Å²) in [6.07, 6.45) is 0. The van der Waals surface area contributed by atoms with Crippen molar-refractivity contribution in [3.8, 4) is 0 Å². The van der Waals surface area contributed by atoms with Gasteiger partial charge in [-0.2, -0.15) is 0 Å². The summed E-state index contributed by atoms with van der Waals surface area (Å²) >= 11 is 11.6. The smallest absolute Gasteiger partial charge is 0.259 e. The third-order valence-electron chi connectivity index (χ3n) is 2.20. The Bertz CT molecular complexity index is 577. The molecular formula is C10H8Cl2N2O. The van der Waals surface area contributed by atoms with Gasteiger partial charge in [-0.1, -0.05) is 17.7 Å². The highest BCUT2D eigenvalue weighted by atomic mass is 35.5. The topological polar surface area (TPSA) is 45.8 Å². The number of alkyl halides is 1. The molecule has 1 aromatic heterocycles. The van der Waals surface area contributed by atoms with E-state index < -0.39 is 0 Å². The number of hydrogen-bond acceptors (Lipinski definition) is 2. The van der Waals surface area contributed by atoms with Crippen LogP contribution < -0.4 is 5.56 Å². The molecule has 0 saturated carbocycles. The number of nitrogens with one attached hydrogen (secondary N) is 1. The van der Waals surface area contributed by atoms with Crippen LogP contribution in [0.5, 0.6) is 0 Å². The zero-order valence-electron chi connectivity index (χ0n) is 7.97. The van der Waals surface area contributed by atoms with E-state index in [0.717, 1.165) is 5.56 Å². The van der Waals surface area contributed by atoms with Crippen molar-refractivity contribution in [1.82, 2.24) is 9.97 Å². The molecule has 0 saturated heterocycles. The number of fused-ring (bicyclic) bond motifs is 1. The second-order valence-corrected chi connectivity index (χ2v) is 3.91. The highest BCUT2D eigenvalue weighted by Gasteiger charge is 2.08. The van der Waals surface area contributed by atoms with Crippen LogP contribution in [0.2, 0.25) is 5.02 Å². The quantitative estimate of drug-likeness (QED) is 0.782. The van der Waals surface area contributed by atoms with Gasteiger partial charge >= 0.3 is 0 Å². The van der Waals surface area contributed by atoms with E-state index in [1.807, 2.05) is 6.92 Å². The van der Waals surface area contributed by atoms with E-state index >= 15 is 0 Å². The monoisotopic (exact) mass is 242 g/mol. The Hall–Kier alpha value is -1.06. The van der Waals surface area contributed by atoms with Gasteiger partial charge in [0.15, 0.2) is 0 Å². The van der Waals surface area contributed by atoms with Crippen LogP contribution in [0.3, 0.4) is 0 Å². The highest BCUT2D eigenvalue weighted by molar-refractivity contribution is 6.35. The third kappa shape index (κ3) is 1.73. The van der Waals surface area contributed by atoms with Crippen LogP contribution in [0.1, 0.15) is 11.4 Å². The molecule has 5 heteroatoms. The molecule has 2 aromatic rings. The maximum Gasteiger partial charge on any atom is 0.259 e. The normalized spacial score (nSPS) is 10.9. The zero-order chi connectivity index (χ0) is 11.0. The Morgan fingerprint density at radius 3 is 2.87 bits per heavy atom. The number of benzene rings is 1. The molecule has 15 heavy (non-hydrogen) atoms. The van der Waals surface area contributed by atoms with Crippen LogP contribution in [0.15, 0.2) is 16.9 Å². The molecule has 0 radical (unpaired) electrons. The van der Waals surface area contributed by atoms with Crippen molar-refractivity contribution >= 4 is 34.1 Å². The minimum absolute atomic E-state index is 0.162. The average molecular weight is 243 g/mol. The predicted octanol–water partition coefficient (Wildman–Crippen LogP) is 2.62. The lowest BCUT2D eigenvalue weighted by atomic mass is 10.1. The van der Waals surface area contributed by atoms with Crippen molar-refractivity contribution in [3.05, 3.63) is 38.9 Å². The first-order chi connectivity index (χ1) is 7.13. The number of rotatable bonds is 1. The Balaban J connectivity index is 2.97. The van der Waals surface area contributed by atoms with Crippen LogP contribution in [-0.2, 0) is 5.88 Å². The number of nitrogens with zero attached hydrogens (tertiary/aromatic N) is 1. The molecule has 1 heterocycles. The summed E-state index contributed by atoms with van der Waals surface area (Å²) in [5, 5.41) is 0.990. The van der Waals surface area contributed by atoms with Crippen LogP contribution >= 0.6 is 23.2 Å². The number of H-pyrrole nitrogens is 1. The van der Waals surface area contributed by atoms with Crippen molar-refractivity contribution in [2.45, 2.75) is 12.8 Å². The SMILES string of the molecule is Cc1ccc(Cl)c2nc(CCl)[nH]c(=O)c12. The van der Waals surface area contributed by atoms with E-state index in [4.69, 9.17) is 23.2 Å². The number of hydrogen-bond donors (Lipinski definition) is 1. The minimum Gasteiger partial charge on any atom is -0.309 e. The molecule has 0 bridgehead atoms. The van der Waals surface area contributed by atoms with Crippen LogP contribution in [-0.4, -0.2) is 9.97 Å². The Kier molecular flexibility index (Phi) is 2.67. The average Bonchev–Trinajstić information content (AvgIpc) is 2.23. The largest absolute Gasteiger partial charge is 0.309 e. The standard InChI is InChI=1S/C10H8Cl2N2O/c1-5-2-3-6(12)9-8(5)10(15)14-7(4-11)13-9/h2-3H,4H2,1H3,(H,13,14,15). The summed E-state index contributed by atoms with van der Waals surface area (Å²) < 4.78 is 0. The van der Waals surface area contributed by atoms with Crippen molar-refractivity contribution in [2.24, 2.45) is 0 Å². The summed E-state index contributed by atoms with van der Waals surface area (Å²) in [6.45, 7) is 1.84. The van der Waals surface area contributed by atoms with Gasteiger partial charge in [0.2, 0.25) is 0 Å². The van der Waals surface area contributed by atoms with Crippen molar-refractivity contribution in [2.75, 3.05) is 0 Å². The highest BCUT2D eigenvalue weighted by Crippen LogP contribution is 2.21. The maximum absolute atomic E-state index is 11.7. The molecule has 1 aromatic carbocycles. The fraction of sp³-hybridized carbons (Fsp3) is 0.200. The van der Waals surface area contributed by atoms with Crippen molar-refractivity contribution < 1.29 is 0 Å². The van der Waals surface area contributed by atoms with Gasteiger partial charge < -0.3 is 4.98 Å². The molecule has 0 fully saturated rings. The molecule has 0 unspecified atom stereocenters. The summed E-state index contributed by atoms with van der Waals surface area (Å²) in [5.74, 6) is 0.594. The van der Waals surface area contributed by atoms with E-state index in [0.29, 0.717) is 21.7 Å². The molecule has 0 spiro atoms. The van der Waals surface area contributed by atoms with Gasteiger partial charge in [-0.05, 0) is 18.6 Å². The van der Waals surface area contributed by atoms with Gasteiger partial charge in [0.25, 0.3) is 5.56 Å². The Labute approximate surface area is 96.1 Å². The zero-order valence-corrected chi connectivity index (χ0v) is 9.49. The third-order valence-corrected chi connectivity index (χ3v) is 2.75. The number of halogens is 2. The lowest BCUT2D eigenvalue weighted by Crippen LogP contribution is -2.12. The first-order valence-corrected chi connectivity index (χ1v) is 5.28. The first-order valence-electron chi connectivity index (χ1n) is 4.37. The summed E-state index contributed by atoms with van der Waals surface area (Å²) in [4.78, 5) is 18.5. The molecule has 0 amide bonds. The first kappa shape index (κ1) is 10.5. The fourth-order valence-corrected chi connectivity index (χ4v) is 1.81. The summed E-state index contributed by atoms with van der Waals surface area (Å²) in [7, 11) is 0. The maximum atomic E-state index is 11.7. The molecule has 0 aliphatic heterocycles. The van der Waals surface area contributed by atoms with Crippen LogP contribution in [0.25, 0.3) is 10.9 Å². The van der Waals surface area contributed by atoms with Gasteiger partial charge in [0, 0.05) is 0 Å². The molecule has 0 atom stereocenters. The summed E-state index contributed by atoms with van der Waals surface area (Å²) in [6, 6.07) is 3.52. The molecule has 2 rings (SSSR count). The van der Waals surface area contributed by atoms with Crippen LogP contribution in [0, 0.1) is 6.92 Å². The Morgan fingerprint density at radius 1 is 1.47 bits per heavy atom. The van der Waals surface area contributed by atoms with Gasteiger partial charge in [-0.15, -0.1) is 11.6 Å². The molecule has 3 nitrogen and oxygen atoms in total. The number of aromatic nitrogens is 2. The molecule has 0 aliphatic carbocycles. The van der Waals surface area contributed by atoms with Crippen molar-refractivity contribution in [3.63, 3.8) is 0 Å². The number of aryl methyl sites for hydroxylation is 1. The minimum atomic E-state index is -0.198.